The Morgan fingerprint density at radius 3 is 2.44 bits per heavy atom. The fourth-order valence-electron chi connectivity index (χ4n) is 4.86. The number of carbonyl (C=O) groups is 1. The zero-order valence-electron chi connectivity index (χ0n) is 19.2. The standard InChI is InChI=1S/C26H32F3N3O2/c27-26(28,29)22-5-1-3-19(15-22)16-30-23-10-13-31(14-11-23)24-8-6-21(7-9-24)25(34)32-12-2-4-20(17-32)18-33/h1,3,5-9,15,20,23,30,33H,2,4,10-14,16-18H2/t20-/m0/s1. The zero-order chi connectivity index (χ0) is 24.1. The van der Waals surface area contributed by atoms with Crippen molar-refractivity contribution in [1.29, 1.82) is 0 Å². The number of benzene rings is 2. The lowest BCUT2D eigenvalue weighted by Crippen LogP contribution is -2.42. The summed E-state index contributed by atoms with van der Waals surface area (Å²) in [5, 5.41) is 12.8. The van der Waals surface area contributed by atoms with Crippen molar-refractivity contribution < 1.29 is 23.1 Å². The van der Waals surface area contributed by atoms with E-state index in [4.69, 9.17) is 0 Å². The zero-order valence-corrected chi connectivity index (χ0v) is 19.2. The highest BCUT2D eigenvalue weighted by Gasteiger charge is 2.30. The van der Waals surface area contributed by atoms with Crippen LogP contribution in [0.4, 0.5) is 18.9 Å². The lowest BCUT2D eigenvalue weighted by atomic mass is 9.98. The van der Waals surface area contributed by atoms with Gasteiger partial charge >= 0.3 is 6.18 Å². The van der Waals surface area contributed by atoms with Gasteiger partial charge in [-0.25, -0.2) is 0 Å². The van der Waals surface area contributed by atoms with Crippen LogP contribution in [0, 0.1) is 5.92 Å². The Balaban J connectivity index is 1.26. The van der Waals surface area contributed by atoms with Gasteiger partial charge in [0.25, 0.3) is 5.91 Å². The van der Waals surface area contributed by atoms with Crippen LogP contribution in [0.2, 0.25) is 0 Å². The van der Waals surface area contributed by atoms with Crippen molar-refractivity contribution in [3.05, 3.63) is 65.2 Å². The second-order valence-electron chi connectivity index (χ2n) is 9.33. The van der Waals surface area contributed by atoms with Gasteiger partial charge in [0, 0.05) is 56.6 Å². The molecule has 8 heteroatoms. The van der Waals surface area contributed by atoms with Crippen molar-refractivity contribution in [2.75, 3.05) is 37.7 Å². The number of carbonyl (C=O) groups excluding carboxylic acids is 1. The molecule has 1 amide bonds. The summed E-state index contributed by atoms with van der Waals surface area (Å²) in [4.78, 5) is 16.9. The molecular formula is C26H32F3N3O2. The second-order valence-corrected chi connectivity index (χ2v) is 9.33. The molecule has 2 aromatic carbocycles. The van der Waals surface area contributed by atoms with Crippen LogP contribution in [-0.2, 0) is 12.7 Å². The summed E-state index contributed by atoms with van der Waals surface area (Å²) >= 11 is 0. The lowest BCUT2D eigenvalue weighted by molar-refractivity contribution is -0.137. The van der Waals surface area contributed by atoms with E-state index in [1.54, 1.807) is 6.07 Å². The average molecular weight is 476 g/mol. The summed E-state index contributed by atoms with van der Waals surface area (Å²) in [6.07, 6.45) is -0.640. The van der Waals surface area contributed by atoms with E-state index in [0.29, 0.717) is 24.2 Å². The maximum atomic E-state index is 12.9. The number of hydrogen-bond acceptors (Lipinski definition) is 4. The molecule has 2 fully saturated rings. The third-order valence-corrected chi connectivity index (χ3v) is 6.89. The van der Waals surface area contributed by atoms with Crippen LogP contribution in [0.25, 0.3) is 0 Å². The molecule has 0 bridgehead atoms. The topological polar surface area (TPSA) is 55.8 Å². The monoisotopic (exact) mass is 475 g/mol. The van der Waals surface area contributed by atoms with Gasteiger partial charge in [-0.15, -0.1) is 0 Å². The number of alkyl halides is 3. The molecule has 4 rings (SSSR count). The molecule has 2 heterocycles. The Morgan fingerprint density at radius 1 is 1.03 bits per heavy atom. The number of likely N-dealkylation sites (tertiary alicyclic amines) is 1. The van der Waals surface area contributed by atoms with Gasteiger partial charge in [0.05, 0.1) is 5.56 Å². The molecule has 2 saturated heterocycles. The Bertz CT molecular complexity index is 957. The van der Waals surface area contributed by atoms with Crippen LogP contribution in [0.1, 0.15) is 47.2 Å². The molecule has 0 spiro atoms. The minimum Gasteiger partial charge on any atom is -0.396 e. The van der Waals surface area contributed by atoms with E-state index in [2.05, 4.69) is 10.2 Å². The normalized spacial score (nSPS) is 19.9. The number of rotatable bonds is 6. The number of nitrogens with one attached hydrogen (secondary N) is 1. The first kappa shape index (κ1) is 24.5. The van der Waals surface area contributed by atoms with Gasteiger partial charge in [0.15, 0.2) is 0 Å². The maximum absolute atomic E-state index is 12.9. The van der Waals surface area contributed by atoms with Crippen molar-refractivity contribution >= 4 is 11.6 Å². The van der Waals surface area contributed by atoms with Crippen molar-refractivity contribution in [1.82, 2.24) is 10.2 Å². The number of halogens is 3. The average Bonchev–Trinajstić information content (AvgIpc) is 2.87. The van der Waals surface area contributed by atoms with Crippen molar-refractivity contribution in [3.8, 4) is 0 Å². The van der Waals surface area contributed by atoms with Crippen molar-refractivity contribution in [2.45, 2.75) is 44.4 Å². The SMILES string of the molecule is O=C(c1ccc(N2CCC(NCc3cccc(C(F)(F)F)c3)CC2)cc1)N1CCC[C@H](CO)C1. The molecule has 2 aliphatic heterocycles. The lowest BCUT2D eigenvalue weighted by Gasteiger charge is -2.34. The van der Waals surface area contributed by atoms with E-state index in [9.17, 15) is 23.1 Å². The van der Waals surface area contributed by atoms with Crippen molar-refractivity contribution in [2.24, 2.45) is 5.92 Å². The quantitative estimate of drug-likeness (QED) is 0.654. The van der Waals surface area contributed by atoms with Gasteiger partial charge < -0.3 is 20.2 Å². The minimum absolute atomic E-state index is 0.0159. The third-order valence-electron chi connectivity index (χ3n) is 6.89. The van der Waals surface area contributed by atoms with Crippen LogP contribution in [0.3, 0.4) is 0 Å². The largest absolute Gasteiger partial charge is 0.416 e. The molecule has 0 saturated carbocycles. The number of piperidine rings is 2. The van der Waals surface area contributed by atoms with Gasteiger partial charge in [-0.3, -0.25) is 4.79 Å². The molecule has 0 radical (unpaired) electrons. The first-order valence-electron chi connectivity index (χ1n) is 12.0. The number of nitrogens with zero attached hydrogens (tertiary/aromatic N) is 2. The van der Waals surface area contributed by atoms with E-state index in [1.165, 1.54) is 12.1 Å². The fourth-order valence-corrected chi connectivity index (χ4v) is 4.86. The van der Waals surface area contributed by atoms with Gasteiger partial charge in [0.1, 0.15) is 0 Å². The predicted octanol–water partition coefficient (Wildman–Crippen LogP) is 4.31. The molecule has 1 atom stereocenters. The first-order valence-corrected chi connectivity index (χ1v) is 12.0. The molecular weight excluding hydrogens is 443 g/mol. The smallest absolute Gasteiger partial charge is 0.396 e. The Hall–Kier alpha value is -2.58. The van der Waals surface area contributed by atoms with Gasteiger partial charge in [-0.05, 0) is 67.5 Å². The van der Waals surface area contributed by atoms with E-state index in [1.807, 2.05) is 29.2 Å². The Labute approximate surface area is 198 Å². The summed E-state index contributed by atoms with van der Waals surface area (Å²) in [6.45, 7) is 3.57. The van der Waals surface area contributed by atoms with E-state index >= 15 is 0 Å². The summed E-state index contributed by atoms with van der Waals surface area (Å²) < 4.78 is 38.7. The van der Waals surface area contributed by atoms with E-state index in [0.717, 1.165) is 57.1 Å². The minimum atomic E-state index is -4.32. The molecule has 2 aliphatic rings. The van der Waals surface area contributed by atoms with Gasteiger partial charge in [-0.1, -0.05) is 18.2 Å². The number of aliphatic hydroxyl groups is 1. The molecule has 2 N–H and O–H groups in total. The number of hydrogen-bond donors (Lipinski definition) is 2. The van der Waals surface area contributed by atoms with Gasteiger partial charge in [-0.2, -0.15) is 13.2 Å². The highest BCUT2D eigenvalue weighted by molar-refractivity contribution is 5.94. The third kappa shape index (κ3) is 6.10. The summed E-state index contributed by atoms with van der Waals surface area (Å²) in [6, 6.07) is 13.4. The van der Waals surface area contributed by atoms with E-state index in [-0.39, 0.29) is 24.5 Å². The summed E-state index contributed by atoms with van der Waals surface area (Å²) in [7, 11) is 0. The molecule has 0 aromatic heterocycles. The van der Waals surface area contributed by atoms with Crippen LogP contribution >= 0.6 is 0 Å². The molecule has 2 aromatic rings. The van der Waals surface area contributed by atoms with Crippen LogP contribution in [0.15, 0.2) is 48.5 Å². The summed E-state index contributed by atoms with van der Waals surface area (Å²) in [5.74, 6) is 0.183. The molecule has 0 unspecified atom stereocenters. The van der Waals surface area contributed by atoms with Crippen LogP contribution in [-0.4, -0.2) is 54.7 Å². The number of amides is 1. The fraction of sp³-hybridized carbons (Fsp3) is 0.500. The first-order chi connectivity index (χ1) is 16.3. The van der Waals surface area contributed by atoms with E-state index < -0.39 is 11.7 Å². The molecule has 34 heavy (non-hydrogen) atoms. The Morgan fingerprint density at radius 2 is 1.76 bits per heavy atom. The number of aliphatic hydroxyl groups excluding tert-OH is 1. The van der Waals surface area contributed by atoms with Crippen LogP contribution < -0.4 is 10.2 Å². The number of anilines is 1. The highest BCUT2D eigenvalue weighted by Crippen LogP contribution is 2.29. The molecule has 0 aliphatic carbocycles. The van der Waals surface area contributed by atoms with Crippen LogP contribution in [0.5, 0.6) is 0 Å². The van der Waals surface area contributed by atoms with Crippen molar-refractivity contribution in [3.63, 3.8) is 0 Å². The molecule has 184 valence electrons. The van der Waals surface area contributed by atoms with Gasteiger partial charge in [0.2, 0.25) is 0 Å². The molecule has 5 nitrogen and oxygen atoms in total. The Kier molecular flexibility index (Phi) is 7.78. The predicted molar refractivity (Wildman–Crippen MR) is 126 cm³/mol. The maximum Gasteiger partial charge on any atom is 0.416 e. The second kappa shape index (κ2) is 10.8. The summed E-state index contributed by atoms with van der Waals surface area (Å²) in [5.41, 5.74) is 1.76. The highest BCUT2D eigenvalue weighted by atomic mass is 19.4.